The number of piperidine rings is 1. The van der Waals surface area contributed by atoms with Crippen LogP contribution in [0.15, 0.2) is 30.3 Å². The number of hydrogen-bond acceptors (Lipinski definition) is 3. The van der Waals surface area contributed by atoms with Crippen molar-refractivity contribution in [2.75, 3.05) is 37.6 Å². The number of amides is 2. The molecule has 0 bridgehead atoms. The zero-order valence-electron chi connectivity index (χ0n) is 13.5. The number of anilines is 1. The number of benzene rings is 1. The highest BCUT2D eigenvalue weighted by molar-refractivity contribution is 6.09. The Bertz CT molecular complexity index is 540. The summed E-state index contributed by atoms with van der Waals surface area (Å²) < 4.78 is 0. The average molecular weight is 315 g/mol. The van der Waals surface area contributed by atoms with Gasteiger partial charge in [0.2, 0.25) is 11.8 Å². The molecule has 0 aromatic heterocycles. The number of hydrogen-bond donors (Lipinski definition) is 1. The van der Waals surface area contributed by atoms with Crippen molar-refractivity contribution in [3.05, 3.63) is 30.3 Å². The molecule has 2 aliphatic rings. The second-order valence-corrected chi connectivity index (χ2v) is 6.36. The van der Waals surface area contributed by atoms with Gasteiger partial charge in [-0.2, -0.15) is 0 Å². The second kappa shape index (κ2) is 7.59. The van der Waals surface area contributed by atoms with Gasteiger partial charge in [0.1, 0.15) is 5.92 Å². The van der Waals surface area contributed by atoms with Crippen LogP contribution in [0.25, 0.3) is 0 Å². The molecule has 5 heteroatoms. The van der Waals surface area contributed by atoms with Gasteiger partial charge in [0.25, 0.3) is 0 Å². The molecular weight excluding hydrogens is 290 g/mol. The number of nitrogens with one attached hydrogen (secondary N) is 1. The molecule has 2 amide bonds. The molecule has 2 aliphatic heterocycles. The van der Waals surface area contributed by atoms with Crippen molar-refractivity contribution in [2.45, 2.75) is 25.7 Å². The highest BCUT2D eigenvalue weighted by atomic mass is 16.2. The second-order valence-electron chi connectivity index (χ2n) is 6.36. The maximum absolute atomic E-state index is 12.5. The fourth-order valence-electron chi connectivity index (χ4n) is 3.43. The van der Waals surface area contributed by atoms with Gasteiger partial charge in [-0.1, -0.05) is 24.6 Å². The Labute approximate surface area is 137 Å². The number of carbonyl (C=O) groups is 2. The van der Waals surface area contributed by atoms with Gasteiger partial charge in [-0.15, -0.1) is 0 Å². The van der Waals surface area contributed by atoms with Crippen molar-refractivity contribution in [1.29, 1.82) is 0 Å². The molecule has 2 heterocycles. The van der Waals surface area contributed by atoms with Gasteiger partial charge in [0, 0.05) is 25.3 Å². The molecule has 124 valence electrons. The van der Waals surface area contributed by atoms with E-state index in [1.54, 1.807) is 4.90 Å². The summed E-state index contributed by atoms with van der Waals surface area (Å²) in [6.07, 6.45) is 4.42. The molecule has 1 atom stereocenters. The van der Waals surface area contributed by atoms with E-state index < -0.39 is 5.92 Å². The van der Waals surface area contributed by atoms with Crippen molar-refractivity contribution >= 4 is 17.5 Å². The summed E-state index contributed by atoms with van der Waals surface area (Å²) in [7, 11) is 0. The van der Waals surface area contributed by atoms with Crippen LogP contribution in [-0.4, -0.2) is 49.4 Å². The van der Waals surface area contributed by atoms with Gasteiger partial charge in [-0.3, -0.25) is 9.59 Å². The summed E-state index contributed by atoms with van der Waals surface area (Å²) >= 11 is 0. The van der Waals surface area contributed by atoms with Crippen molar-refractivity contribution in [2.24, 2.45) is 5.92 Å². The van der Waals surface area contributed by atoms with Crippen LogP contribution in [0, 0.1) is 5.92 Å². The first-order valence-electron chi connectivity index (χ1n) is 8.62. The summed E-state index contributed by atoms with van der Waals surface area (Å²) in [5.74, 6) is -0.728. The molecule has 0 aliphatic carbocycles. The van der Waals surface area contributed by atoms with Gasteiger partial charge in [-0.05, 0) is 44.5 Å². The van der Waals surface area contributed by atoms with E-state index in [4.69, 9.17) is 0 Å². The molecule has 23 heavy (non-hydrogen) atoms. The van der Waals surface area contributed by atoms with Gasteiger partial charge >= 0.3 is 0 Å². The van der Waals surface area contributed by atoms with Crippen molar-refractivity contribution < 1.29 is 9.59 Å². The van der Waals surface area contributed by atoms with Crippen LogP contribution in [0.3, 0.4) is 0 Å². The first-order valence-corrected chi connectivity index (χ1v) is 8.62. The average Bonchev–Trinajstić information content (AvgIpc) is 2.98. The summed E-state index contributed by atoms with van der Waals surface area (Å²) in [5, 5.41) is 2.95. The Morgan fingerprint density at radius 3 is 2.57 bits per heavy atom. The normalized spacial score (nSPS) is 22.3. The van der Waals surface area contributed by atoms with Crippen LogP contribution in [0.1, 0.15) is 25.7 Å². The lowest BCUT2D eigenvalue weighted by molar-refractivity contribution is -0.132. The van der Waals surface area contributed by atoms with Crippen molar-refractivity contribution in [3.8, 4) is 0 Å². The molecule has 0 unspecified atom stereocenters. The molecule has 0 saturated carbocycles. The van der Waals surface area contributed by atoms with Crippen molar-refractivity contribution in [1.82, 2.24) is 10.2 Å². The lowest BCUT2D eigenvalue weighted by Gasteiger charge is -2.26. The fourth-order valence-corrected chi connectivity index (χ4v) is 3.43. The SMILES string of the molecule is O=C(NCCN1CCCCC1)[C@@H]1CCN(c2ccccc2)C1=O. The van der Waals surface area contributed by atoms with Crippen LogP contribution >= 0.6 is 0 Å². The molecule has 0 radical (unpaired) electrons. The number of carbonyl (C=O) groups excluding carboxylic acids is 2. The number of likely N-dealkylation sites (tertiary alicyclic amines) is 1. The standard InChI is InChI=1S/C18H25N3O2/c22-17(19-10-14-20-11-5-2-6-12-20)16-9-13-21(18(16)23)15-7-3-1-4-8-15/h1,3-4,7-8,16H,2,5-6,9-14H2,(H,19,22)/t16-/m0/s1. The maximum atomic E-state index is 12.5. The minimum absolute atomic E-state index is 0.0772. The number of rotatable bonds is 5. The van der Waals surface area contributed by atoms with Crippen LogP contribution < -0.4 is 10.2 Å². The molecule has 1 aromatic rings. The van der Waals surface area contributed by atoms with Gasteiger partial charge in [0.15, 0.2) is 0 Å². The maximum Gasteiger partial charge on any atom is 0.239 e. The molecule has 2 fully saturated rings. The Kier molecular flexibility index (Phi) is 5.28. The Morgan fingerprint density at radius 2 is 1.83 bits per heavy atom. The lowest BCUT2D eigenvalue weighted by Crippen LogP contribution is -2.41. The quantitative estimate of drug-likeness (QED) is 0.841. The Morgan fingerprint density at radius 1 is 1.09 bits per heavy atom. The van der Waals surface area contributed by atoms with Crippen LogP contribution in [0.4, 0.5) is 5.69 Å². The van der Waals surface area contributed by atoms with E-state index in [-0.39, 0.29) is 11.8 Å². The van der Waals surface area contributed by atoms with E-state index in [0.717, 1.165) is 25.3 Å². The highest BCUT2D eigenvalue weighted by Gasteiger charge is 2.37. The third-order valence-electron chi connectivity index (χ3n) is 4.77. The summed E-state index contributed by atoms with van der Waals surface area (Å²) in [4.78, 5) is 28.9. The predicted molar refractivity (Wildman–Crippen MR) is 90.2 cm³/mol. The molecule has 2 saturated heterocycles. The summed E-state index contributed by atoms with van der Waals surface area (Å²) in [5.41, 5.74) is 0.876. The van der Waals surface area contributed by atoms with E-state index in [1.165, 1.54) is 19.3 Å². The van der Waals surface area contributed by atoms with E-state index >= 15 is 0 Å². The minimum Gasteiger partial charge on any atom is -0.354 e. The Balaban J connectivity index is 1.47. The molecule has 5 nitrogen and oxygen atoms in total. The molecule has 0 spiro atoms. The van der Waals surface area contributed by atoms with Crippen molar-refractivity contribution in [3.63, 3.8) is 0 Å². The van der Waals surface area contributed by atoms with Crippen LogP contribution in [-0.2, 0) is 9.59 Å². The predicted octanol–water partition coefficient (Wildman–Crippen LogP) is 1.64. The molecule has 3 rings (SSSR count). The summed E-state index contributed by atoms with van der Waals surface area (Å²) in [6, 6.07) is 9.57. The van der Waals surface area contributed by atoms with Gasteiger partial charge in [-0.25, -0.2) is 0 Å². The van der Waals surface area contributed by atoms with Gasteiger partial charge in [0.05, 0.1) is 0 Å². The van der Waals surface area contributed by atoms with Crippen LogP contribution in [0.5, 0.6) is 0 Å². The zero-order valence-corrected chi connectivity index (χ0v) is 13.5. The van der Waals surface area contributed by atoms with Gasteiger partial charge < -0.3 is 15.1 Å². The largest absolute Gasteiger partial charge is 0.354 e. The van der Waals surface area contributed by atoms with E-state index in [2.05, 4.69) is 10.2 Å². The monoisotopic (exact) mass is 315 g/mol. The smallest absolute Gasteiger partial charge is 0.239 e. The van der Waals surface area contributed by atoms with E-state index in [9.17, 15) is 9.59 Å². The highest BCUT2D eigenvalue weighted by Crippen LogP contribution is 2.24. The van der Waals surface area contributed by atoms with E-state index in [1.807, 2.05) is 30.3 Å². The number of para-hydroxylation sites is 1. The molecular formula is C18H25N3O2. The number of nitrogens with zero attached hydrogens (tertiary/aromatic N) is 2. The topological polar surface area (TPSA) is 52.7 Å². The first kappa shape index (κ1) is 16.0. The summed E-state index contributed by atoms with van der Waals surface area (Å²) in [6.45, 7) is 4.39. The molecule has 1 aromatic carbocycles. The Hall–Kier alpha value is -1.88. The fraction of sp³-hybridized carbons (Fsp3) is 0.556. The third-order valence-corrected chi connectivity index (χ3v) is 4.77. The molecule has 1 N–H and O–H groups in total. The lowest BCUT2D eigenvalue weighted by atomic mass is 10.1. The van der Waals surface area contributed by atoms with Crippen LogP contribution in [0.2, 0.25) is 0 Å². The zero-order chi connectivity index (χ0) is 16.1. The minimum atomic E-state index is -0.531. The third kappa shape index (κ3) is 3.91. The van der Waals surface area contributed by atoms with E-state index in [0.29, 0.717) is 19.5 Å². The first-order chi connectivity index (χ1) is 11.3.